The summed E-state index contributed by atoms with van der Waals surface area (Å²) >= 11 is 9.89. The summed E-state index contributed by atoms with van der Waals surface area (Å²) in [5.41, 5.74) is 5.13. The Hall–Kier alpha value is -1.19. The molecule has 0 bridgehead atoms. The molecule has 23 heavy (non-hydrogen) atoms. The van der Waals surface area contributed by atoms with E-state index in [1.54, 1.807) is 7.11 Å². The van der Waals surface area contributed by atoms with Gasteiger partial charge in [0.1, 0.15) is 5.75 Å². The summed E-state index contributed by atoms with van der Waals surface area (Å²) in [6.07, 6.45) is 2.19. The van der Waals surface area contributed by atoms with Gasteiger partial charge in [0, 0.05) is 17.3 Å². The normalized spacial score (nSPS) is 16.3. The first kappa shape index (κ1) is 16.7. The van der Waals surface area contributed by atoms with Gasteiger partial charge in [-0.15, -0.1) is 0 Å². The third kappa shape index (κ3) is 2.97. The van der Waals surface area contributed by atoms with Crippen LogP contribution in [0.15, 0.2) is 34.8 Å². The number of benzene rings is 2. The van der Waals surface area contributed by atoms with Crippen LogP contribution in [0.1, 0.15) is 36.1 Å². The van der Waals surface area contributed by atoms with Gasteiger partial charge < -0.3 is 9.64 Å². The number of nitrogens with zero attached hydrogens (tertiary/aromatic N) is 1. The molecular weight excluding hydrogens is 374 g/mol. The van der Waals surface area contributed by atoms with Crippen molar-refractivity contribution >= 4 is 33.2 Å². The first-order valence-corrected chi connectivity index (χ1v) is 9.12. The molecule has 0 saturated carbocycles. The Morgan fingerprint density at radius 2 is 2.09 bits per heavy atom. The van der Waals surface area contributed by atoms with Gasteiger partial charge in [-0.05, 0) is 83.6 Å². The summed E-state index contributed by atoms with van der Waals surface area (Å²) in [7, 11) is 1.72. The number of rotatable bonds is 4. The lowest BCUT2D eigenvalue weighted by atomic mass is 10.1. The van der Waals surface area contributed by atoms with E-state index in [2.05, 4.69) is 58.9 Å². The Bertz CT molecular complexity index is 732. The van der Waals surface area contributed by atoms with Gasteiger partial charge >= 0.3 is 0 Å². The average Bonchev–Trinajstić information content (AvgIpc) is 2.97. The van der Waals surface area contributed by atoms with Crippen molar-refractivity contribution in [3.63, 3.8) is 0 Å². The van der Waals surface area contributed by atoms with E-state index in [1.165, 1.54) is 16.8 Å². The van der Waals surface area contributed by atoms with Crippen LogP contribution >= 0.6 is 27.5 Å². The molecule has 0 aromatic heterocycles. The Morgan fingerprint density at radius 1 is 1.30 bits per heavy atom. The molecule has 0 fully saturated rings. The predicted octanol–water partition coefficient (Wildman–Crippen LogP) is 5.93. The Kier molecular flexibility index (Phi) is 4.88. The Balaban J connectivity index is 1.99. The molecule has 0 spiro atoms. The lowest BCUT2D eigenvalue weighted by Crippen LogP contribution is -2.27. The lowest BCUT2D eigenvalue weighted by Gasteiger charge is -2.31. The second kappa shape index (κ2) is 6.74. The largest absolute Gasteiger partial charge is 0.496 e. The van der Waals surface area contributed by atoms with Crippen LogP contribution in [-0.2, 0) is 6.42 Å². The molecule has 0 saturated heterocycles. The predicted molar refractivity (Wildman–Crippen MR) is 101 cm³/mol. The van der Waals surface area contributed by atoms with Crippen LogP contribution in [-0.4, -0.2) is 13.7 Å². The fraction of sp³-hybridized carbons (Fsp3) is 0.368. The first-order valence-electron chi connectivity index (χ1n) is 7.94. The number of fused-ring (bicyclic) bond motifs is 1. The molecule has 1 aliphatic carbocycles. The maximum atomic E-state index is 6.18. The van der Waals surface area contributed by atoms with Crippen molar-refractivity contribution < 1.29 is 4.74 Å². The molecule has 1 aliphatic rings. The average molecular weight is 395 g/mol. The molecule has 2 nitrogen and oxygen atoms in total. The summed E-state index contributed by atoms with van der Waals surface area (Å²) in [6.45, 7) is 5.24. The number of halogens is 2. The Labute approximate surface area is 151 Å². The third-order valence-electron chi connectivity index (χ3n) is 4.68. The summed E-state index contributed by atoms with van der Waals surface area (Å²) in [5, 5.41) is 0.823. The van der Waals surface area contributed by atoms with Gasteiger partial charge in [-0.25, -0.2) is 0 Å². The number of ether oxygens (including phenoxy) is 1. The summed E-state index contributed by atoms with van der Waals surface area (Å²) in [5.74, 6) is 0.912. The number of anilines is 1. The van der Waals surface area contributed by atoms with Crippen LogP contribution in [0, 0.1) is 6.92 Å². The van der Waals surface area contributed by atoms with Crippen molar-refractivity contribution in [2.24, 2.45) is 0 Å². The molecule has 0 heterocycles. The zero-order chi connectivity index (χ0) is 16.6. The molecule has 2 aromatic rings. The van der Waals surface area contributed by atoms with Crippen LogP contribution in [0.4, 0.5) is 5.69 Å². The number of aryl methyl sites for hydroxylation is 1. The minimum absolute atomic E-state index is 0.401. The van der Waals surface area contributed by atoms with Crippen molar-refractivity contribution in [1.82, 2.24) is 0 Å². The van der Waals surface area contributed by atoms with Gasteiger partial charge in [0.2, 0.25) is 0 Å². The first-order chi connectivity index (χ1) is 11.1. The molecule has 4 heteroatoms. The van der Waals surface area contributed by atoms with Crippen LogP contribution in [0.5, 0.6) is 5.75 Å². The van der Waals surface area contributed by atoms with Crippen molar-refractivity contribution in [3.05, 3.63) is 56.5 Å². The van der Waals surface area contributed by atoms with Crippen LogP contribution in [0.3, 0.4) is 0 Å². The summed E-state index contributed by atoms with van der Waals surface area (Å²) < 4.78 is 6.53. The third-order valence-corrected chi connectivity index (χ3v) is 5.97. The van der Waals surface area contributed by atoms with Gasteiger partial charge in [-0.3, -0.25) is 0 Å². The standard InChI is InChI=1S/C19H21BrClNO/c1-4-22(13-5-8-16(21)12(2)11-13)17-9-6-15-14(17)7-10-18(23-3)19(15)20/h5,7-8,10-11,17H,4,6,9H2,1-3H3. The smallest absolute Gasteiger partial charge is 0.133 e. The van der Waals surface area contributed by atoms with Gasteiger partial charge in [-0.1, -0.05) is 17.7 Å². The Morgan fingerprint density at radius 3 is 2.74 bits per heavy atom. The zero-order valence-corrected chi connectivity index (χ0v) is 16.0. The highest BCUT2D eigenvalue weighted by Crippen LogP contribution is 2.44. The van der Waals surface area contributed by atoms with Crippen LogP contribution in [0.25, 0.3) is 0 Å². The van der Waals surface area contributed by atoms with Gasteiger partial charge in [0.15, 0.2) is 0 Å². The van der Waals surface area contributed by atoms with Gasteiger partial charge in [0.05, 0.1) is 17.6 Å². The van der Waals surface area contributed by atoms with Crippen molar-refractivity contribution in [3.8, 4) is 5.75 Å². The van der Waals surface area contributed by atoms with E-state index in [1.807, 2.05) is 6.07 Å². The van der Waals surface area contributed by atoms with Crippen LogP contribution < -0.4 is 9.64 Å². The molecule has 0 radical (unpaired) electrons. The molecule has 0 aliphatic heterocycles. The highest BCUT2D eigenvalue weighted by molar-refractivity contribution is 9.10. The molecule has 122 valence electrons. The number of hydrogen-bond donors (Lipinski definition) is 0. The number of hydrogen-bond acceptors (Lipinski definition) is 2. The van der Waals surface area contributed by atoms with Crippen molar-refractivity contribution in [1.29, 1.82) is 0 Å². The highest BCUT2D eigenvalue weighted by Gasteiger charge is 2.30. The molecule has 2 aromatic carbocycles. The van der Waals surface area contributed by atoms with E-state index in [0.29, 0.717) is 6.04 Å². The molecule has 1 unspecified atom stereocenters. The van der Waals surface area contributed by atoms with E-state index in [4.69, 9.17) is 16.3 Å². The molecule has 1 atom stereocenters. The topological polar surface area (TPSA) is 12.5 Å². The fourth-order valence-electron chi connectivity index (χ4n) is 3.49. The van der Waals surface area contributed by atoms with E-state index in [0.717, 1.165) is 40.2 Å². The second-order valence-corrected chi connectivity index (χ2v) is 7.12. The lowest BCUT2D eigenvalue weighted by molar-refractivity contribution is 0.411. The number of methoxy groups -OCH3 is 1. The minimum atomic E-state index is 0.401. The van der Waals surface area contributed by atoms with Crippen molar-refractivity contribution in [2.45, 2.75) is 32.7 Å². The molecular formula is C19H21BrClNO. The van der Waals surface area contributed by atoms with Gasteiger partial charge in [-0.2, -0.15) is 0 Å². The van der Waals surface area contributed by atoms with E-state index in [9.17, 15) is 0 Å². The summed E-state index contributed by atoms with van der Waals surface area (Å²) in [4.78, 5) is 2.47. The zero-order valence-electron chi connectivity index (χ0n) is 13.7. The fourth-order valence-corrected chi connectivity index (χ4v) is 4.33. The second-order valence-electron chi connectivity index (χ2n) is 5.92. The maximum Gasteiger partial charge on any atom is 0.133 e. The summed E-state index contributed by atoms with van der Waals surface area (Å²) in [6, 6.07) is 11.0. The quantitative estimate of drug-likeness (QED) is 0.637. The minimum Gasteiger partial charge on any atom is -0.496 e. The molecule has 0 amide bonds. The SMILES string of the molecule is CCN(c1ccc(Cl)c(C)c1)C1CCc2c1ccc(OC)c2Br. The van der Waals surface area contributed by atoms with Crippen molar-refractivity contribution in [2.75, 3.05) is 18.6 Å². The van der Waals surface area contributed by atoms with E-state index >= 15 is 0 Å². The van der Waals surface area contributed by atoms with Gasteiger partial charge in [0.25, 0.3) is 0 Å². The monoisotopic (exact) mass is 393 g/mol. The maximum absolute atomic E-state index is 6.18. The van der Waals surface area contributed by atoms with E-state index in [-0.39, 0.29) is 0 Å². The molecule has 0 N–H and O–H groups in total. The highest BCUT2D eigenvalue weighted by atomic mass is 79.9. The van der Waals surface area contributed by atoms with Crippen LogP contribution in [0.2, 0.25) is 5.02 Å². The molecule has 3 rings (SSSR count). The van der Waals surface area contributed by atoms with E-state index < -0.39 is 0 Å².